The van der Waals surface area contributed by atoms with Gasteiger partial charge in [-0.05, 0) is 11.4 Å². The Balaban J connectivity index is 6.51. The first kappa shape index (κ1) is 77.7. The topological polar surface area (TPSA) is 174 Å². The minimum Gasteiger partial charge on any atom is -0.460 e. The molecule has 0 bridgehead atoms. The summed E-state index contributed by atoms with van der Waals surface area (Å²) in [7, 11) is 0. The van der Waals surface area contributed by atoms with Crippen molar-refractivity contribution in [1.82, 2.24) is 5.32 Å². The summed E-state index contributed by atoms with van der Waals surface area (Å²) in [6.07, 6.45) is -143. The Bertz CT molecular complexity index is 2250. The molecule has 490 valence electrons. The molecule has 1 N–H and O–H groups in total. The second-order valence-corrected chi connectivity index (χ2v) is 14.3. The first-order valence-corrected chi connectivity index (χ1v) is 18.2. The molecule has 0 aromatic rings. The average Bonchev–Trinajstić information content (AvgIpc) is 3.23. The fraction of sp³-hybridized carbons (Fsp3) is 0.767. The van der Waals surface area contributed by atoms with Gasteiger partial charge in [0.15, 0.2) is 6.61 Å². The van der Waals surface area contributed by atoms with Crippen LogP contribution in [-0.2, 0) is 66.6 Å². The molecular weight excluding hydrogens is 1320 g/mol. The normalized spacial score (nSPS) is 15.4. The molecule has 0 rings (SSSR count). The monoisotopic (exact) mass is 1330 g/mol. The van der Waals surface area contributed by atoms with Crippen molar-refractivity contribution >= 4 is 18.0 Å². The Hall–Kier alpha value is -5.26. The highest BCUT2D eigenvalue weighted by Gasteiger charge is 2.83. The smallest absolute Gasteiger partial charge is 0.460 e. The molecule has 53 heteroatoms. The van der Waals surface area contributed by atoms with Crippen molar-refractivity contribution in [1.29, 1.82) is 0 Å². The van der Waals surface area contributed by atoms with Crippen LogP contribution in [0.2, 0.25) is 0 Å². The molecule has 0 saturated carbocycles. The van der Waals surface area contributed by atoms with Gasteiger partial charge in [-0.2, -0.15) is 158 Å². The lowest BCUT2D eigenvalue weighted by molar-refractivity contribution is -0.602. The van der Waals surface area contributed by atoms with Crippen LogP contribution in [0, 0.1) is 0 Å². The van der Waals surface area contributed by atoms with E-state index in [-0.39, 0.29) is 0 Å². The number of amides is 1. The first-order chi connectivity index (χ1) is 36.0. The highest BCUT2D eigenvalue weighted by molar-refractivity contribution is 5.82. The number of hydrogen-bond donors (Lipinski definition) is 1. The Morgan fingerprint density at radius 1 is 0.313 bits per heavy atom. The maximum Gasteiger partial charge on any atom is 0.478 e. The van der Waals surface area contributed by atoms with Crippen LogP contribution in [0.4, 0.5) is 167 Å². The number of alkyl carbamates (subject to hydrolysis) is 1. The maximum atomic E-state index is 14.2. The van der Waals surface area contributed by atoms with Crippen molar-refractivity contribution in [2.45, 2.75) is 122 Å². The molecule has 0 aliphatic carbocycles. The van der Waals surface area contributed by atoms with Crippen LogP contribution in [0.5, 0.6) is 0 Å². The minimum absolute atomic E-state index is 0.410. The zero-order chi connectivity index (χ0) is 67.0. The number of halogens is 37. The number of alkyl halides is 36. The number of carbonyl (C=O) groups is 3. The summed E-state index contributed by atoms with van der Waals surface area (Å²) < 4.78 is 524. The number of nitrogens with one attached hydrogen (secondary N) is 1. The molecule has 0 fully saturated rings. The van der Waals surface area contributed by atoms with E-state index in [1.54, 1.807) is 4.74 Å². The highest BCUT2D eigenvalue weighted by Crippen LogP contribution is 2.56. The summed E-state index contributed by atoms with van der Waals surface area (Å²) >= 11 is 0. The second-order valence-electron chi connectivity index (χ2n) is 14.3. The quantitative estimate of drug-likeness (QED) is 0.0274. The number of carbonyl (C=O) groups excluding carboxylic acids is 3. The predicted octanol–water partition coefficient (Wildman–Crippen LogP) is 11.7. The van der Waals surface area contributed by atoms with E-state index in [9.17, 15) is 177 Å². The van der Waals surface area contributed by atoms with Crippen molar-refractivity contribution in [2.75, 3.05) is 19.8 Å². The van der Waals surface area contributed by atoms with Crippen LogP contribution in [0.25, 0.3) is 0 Å². The van der Waals surface area contributed by atoms with Gasteiger partial charge in [-0.3, -0.25) is 0 Å². The zero-order valence-electron chi connectivity index (χ0n) is 37.3. The SMILES string of the molecule is C=CC(=O)OCC(C)(COC(=O)C=C)NC(=O)OCC(F)(F)C(F)(F)OC(F)(F)C(F)(F)OC(F)(F)C(F)(F)OC(F)(F)C(F)(F)OC(F)(F)C(F)(F)OC(F)(F)C(F)(F)OC(F)(F)C(F)(F)OC(F)(F)C(F)(F)OC(F)(F)C(F)(F)OF. The molecule has 0 unspecified atom stereocenters. The van der Waals surface area contributed by atoms with Gasteiger partial charge in [-0.25, -0.2) is 52.3 Å². The Morgan fingerprint density at radius 3 is 0.675 bits per heavy atom. The summed E-state index contributed by atoms with van der Waals surface area (Å²) in [5.41, 5.74) is -2.41. The van der Waals surface area contributed by atoms with Gasteiger partial charge in [0.05, 0.1) is 0 Å². The lowest BCUT2D eigenvalue weighted by Crippen LogP contribution is -2.63. The molecule has 16 nitrogen and oxygen atoms in total. The summed E-state index contributed by atoms with van der Waals surface area (Å²) in [5, 5.41) is 1.36. The van der Waals surface area contributed by atoms with Gasteiger partial charge in [-0.15, -0.1) is 4.94 Å². The molecule has 83 heavy (non-hydrogen) atoms. The summed E-state index contributed by atoms with van der Waals surface area (Å²) in [4.78, 5) is 35.6. The largest absolute Gasteiger partial charge is 0.478 e. The highest BCUT2D eigenvalue weighted by atomic mass is 19.4. The van der Waals surface area contributed by atoms with E-state index >= 15 is 0 Å². The lowest BCUT2D eigenvalue weighted by atomic mass is 10.1. The van der Waals surface area contributed by atoms with Crippen LogP contribution in [-0.4, -0.2) is 153 Å². The van der Waals surface area contributed by atoms with Gasteiger partial charge in [0.2, 0.25) is 0 Å². The molecule has 0 aromatic carbocycles. The van der Waals surface area contributed by atoms with E-state index in [2.05, 4.69) is 27.4 Å². The molecule has 0 aliphatic rings. The van der Waals surface area contributed by atoms with Gasteiger partial charge in [0.25, 0.3) is 0 Å². The molecule has 0 aromatic heterocycles. The lowest BCUT2D eigenvalue weighted by Gasteiger charge is -2.37. The molecule has 0 saturated heterocycles. The van der Waals surface area contributed by atoms with Crippen LogP contribution >= 0.6 is 0 Å². The fourth-order valence-corrected chi connectivity index (χ4v) is 3.51. The minimum atomic E-state index is -8.70. The van der Waals surface area contributed by atoms with Crippen LogP contribution < -0.4 is 5.32 Å². The number of rotatable bonds is 35. The van der Waals surface area contributed by atoms with Gasteiger partial charge in [-0.1, -0.05) is 13.2 Å². The number of hydrogen-bond acceptors (Lipinski definition) is 15. The van der Waals surface area contributed by atoms with E-state index in [0.29, 0.717) is 19.1 Å². The van der Waals surface area contributed by atoms with E-state index < -0.39 is 153 Å². The van der Waals surface area contributed by atoms with Crippen molar-refractivity contribution in [3.8, 4) is 0 Å². The molecular formula is C30H16F37NO15. The van der Waals surface area contributed by atoms with E-state index in [0.717, 1.165) is 28.6 Å². The fourth-order valence-electron chi connectivity index (χ4n) is 3.51. The Morgan fingerprint density at radius 2 is 0.494 bits per heavy atom. The third kappa shape index (κ3) is 18.1. The molecule has 0 spiro atoms. The van der Waals surface area contributed by atoms with Crippen molar-refractivity contribution in [2.24, 2.45) is 0 Å². The third-order valence-corrected chi connectivity index (χ3v) is 7.47. The maximum absolute atomic E-state index is 14.2. The van der Waals surface area contributed by atoms with Crippen molar-refractivity contribution in [3.05, 3.63) is 25.3 Å². The number of esters is 2. The van der Waals surface area contributed by atoms with Gasteiger partial charge < -0.3 is 19.5 Å². The molecule has 1 amide bonds. The molecule has 0 radical (unpaired) electrons. The van der Waals surface area contributed by atoms with Crippen LogP contribution in [0.3, 0.4) is 0 Å². The summed E-state index contributed by atoms with van der Waals surface area (Å²) in [6, 6.07) is 0. The Labute approximate surface area is 425 Å². The van der Waals surface area contributed by atoms with Crippen LogP contribution in [0.15, 0.2) is 25.3 Å². The molecule has 0 heterocycles. The van der Waals surface area contributed by atoms with Gasteiger partial charge in [0, 0.05) is 12.2 Å². The van der Waals surface area contributed by atoms with E-state index in [1.807, 2.05) is 0 Å². The molecule has 0 aliphatic heterocycles. The third-order valence-electron chi connectivity index (χ3n) is 7.47. The molecule has 0 atom stereocenters. The second kappa shape index (κ2) is 23.9. The van der Waals surface area contributed by atoms with E-state index in [4.69, 9.17) is 0 Å². The Kier molecular flexibility index (Phi) is 22.4. The van der Waals surface area contributed by atoms with E-state index in [1.165, 1.54) is 14.8 Å². The summed E-state index contributed by atoms with van der Waals surface area (Å²) in [6.45, 7) is 0.532. The van der Waals surface area contributed by atoms with Gasteiger partial charge in [0.1, 0.15) is 18.8 Å². The summed E-state index contributed by atoms with van der Waals surface area (Å²) in [5.74, 6) is -9.52. The standard InChI is InChI=1S/C30H16F37NO15/c1-4-9(69)72-6-12(3,7-73-10(70)5-2)68-11(71)74-8-13(31,32)14(33,34)75-15(35,36)16(37,38)76-17(39,40)18(41,42)77-19(43,44)20(45,46)78-21(47,48)22(49,50)79-23(51,52)24(53,54)80-25(55,56)26(57,58)81-27(59,60)28(61,62)82-29(63,64)30(65,66)83-67/h4-5H,1-2,6-8H2,3H3,(H,68,71). The predicted molar refractivity (Wildman–Crippen MR) is 165 cm³/mol. The first-order valence-electron chi connectivity index (χ1n) is 18.2. The van der Waals surface area contributed by atoms with Gasteiger partial charge >= 0.3 is 128 Å². The number of ether oxygens (including phenoxy) is 11. The van der Waals surface area contributed by atoms with Crippen LogP contribution in [0.1, 0.15) is 6.92 Å². The zero-order valence-corrected chi connectivity index (χ0v) is 37.3. The van der Waals surface area contributed by atoms with Crippen molar-refractivity contribution in [3.63, 3.8) is 0 Å². The average molecular weight is 1330 g/mol. The van der Waals surface area contributed by atoms with Crippen molar-refractivity contribution < 1.29 is 234 Å².